The molecule has 2 aromatic heterocycles. The summed E-state index contributed by atoms with van der Waals surface area (Å²) in [6, 6.07) is 15.0. The lowest BCUT2D eigenvalue weighted by Gasteiger charge is -2.08. The van der Waals surface area contributed by atoms with Gasteiger partial charge < -0.3 is 10.7 Å². The molecule has 0 aliphatic heterocycles. The van der Waals surface area contributed by atoms with Crippen molar-refractivity contribution in [1.29, 1.82) is 0 Å². The van der Waals surface area contributed by atoms with Gasteiger partial charge in [-0.2, -0.15) is 0 Å². The van der Waals surface area contributed by atoms with E-state index < -0.39 is 0 Å². The summed E-state index contributed by atoms with van der Waals surface area (Å²) in [5.41, 5.74) is 14.5. The van der Waals surface area contributed by atoms with Crippen LogP contribution in [0.4, 0.5) is 0 Å². The van der Waals surface area contributed by atoms with Gasteiger partial charge in [0.05, 0.1) is 11.2 Å². The highest BCUT2D eigenvalue weighted by atomic mass is 14.7. The minimum atomic E-state index is 0.744. The first kappa shape index (κ1) is 16.8. The lowest BCUT2D eigenvalue weighted by atomic mass is 9.96. The minimum Gasteiger partial charge on any atom is -0.354 e. The van der Waals surface area contributed by atoms with E-state index in [0.717, 1.165) is 31.3 Å². The molecule has 0 radical (unpaired) electrons. The highest BCUT2D eigenvalue weighted by Crippen LogP contribution is 2.36. The Morgan fingerprint density at radius 3 is 2.69 bits per heavy atom. The van der Waals surface area contributed by atoms with Crippen molar-refractivity contribution in [3.63, 3.8) is 0 Å². The Morgan fingerprint density at radius 1 is 0.962 bits per heavy atom. The van der Waals surface area contributed by atoms with E-state index in [2.05, 4.69) is 60.2 Å². The molecule has 3 nitrogen and oxygen atoms in total. The van der Waals surface area contributed by atoms with E-state index in [1.807, 2.05) is 12.3 Å². The molecule has 0 atom stereocenters. The zero-order valence-corrected chi connectivity index (χ0v) is 15.5. The Balaban J connectivity index is 1.98. The van der Waals surface area contributed by atoms with Gasteiger partial charge in [-0.15, -0.1) is 0 Å². The standard InChI is InChI=1S/C23H25N3/c1-15-11-12-20-19(7-3-4-13-24)23(26-22(20)16(15)2)18-8-5-10-21-17(18)9-6-14-25-21/h5-6,8-12,14,26H,3-4,7,13,24H2,1-2H3. The first-order chi connectivity index (χ1) is 12.7. The van der Waals surface area contributed by atoms with Crippen LogP contribution in [-0.2, 0) is 6.42 Å². The molecular weight excluding hydrogens is 318 g/mol. The predicted molar refractivity (Wildman–Crippen MR) is 111 cm³/mol. The maximum absolute atomic E-state index is 5.73. The van der Waals surface area contributed by atoms with Gasteiger partial charge in [0, 0.05) is 28.0 Å². The van der Waals surface area contributed by atoms with Crippen molar-refractivity contribution in [3.8, 4) is 11.3 Å². The molecule has 0 saturated heterocycles. The normalized spacial score (nSPS) is 11.5. The molecule has 4 aromatic rings. The summed E-state index contributed by atoms with van der Waals surface area (Å²) < 4.78 is 0. The molecule has 0 spiro atoms. The second kappa shape index (κ2) is 6.93. The maximum atomic E-state index is 5.73. The van der Waals surface area contributed by atoms with Crippen molar-refractivity contribution >= 4 is 21.8 Å². The smallest absolute Gasteiger partial charge is 0.0708 e. The number of fused-ring (bicyclic) bond motifs is 2. The molecular formula is C23H25N3. The van der Waals surface area contributed by atoms with Gasteiger partial charge in [-0.05, 0) is 68.5 Å². The number of hydrogen-bond donors (Lipinski definition) is 2. The molecule has 2 aromatic carbocycles. The average Bonchev–Trinajstić information content (AvgIpc) is 3.04. The lowest BCUT2D eigenvalue weighted by Crippen LogP contribution is -1.99. The van der Waals surface area contributed by atoms with Crippen LogP contribution in [0.25, 0.3) is 33.1 Å². The van der Waals surface area contributed by atoms with Crippen molar-refractivity contribution in [2.75, 3.05) is 6.54 Å². The predicted octanol–water partition coefficient (Wildman–Crippen LogP) is 5.28. The van der Waals surface area contributed by atoms with Crippen molar-refractivity contribution in [3.05, 3.63) is 65.4 Å². The molecule has 0 aliphatic rings. The molecule has 0 fully saturated rings. The number of nitrogens with one attached hydrogen (secondary N) is 1. The number of benzene rings is 2. The highest BCUT2D eigenvalue weighted by molar-refractivity contribution is 6.00. The largest absolute Gasteiger partial charge is 0.354 e. The van der Waals surface area contributed by atoms with Crippen LogP contribution in [0.5, 0.6) is 0 Å². The van der Waals surface area contributed by atoms with Crippen LogP contribution in [0, 0.1) is 13.8 Å². The first-order valence-corrected chi connectivity index (χ1v) is 9.35. The van der Waals surface area contributed by atoms with E-state index in [4.69, 9.17) is 5.73 Å². The second-order valence-electron chi connectivity index (χ2n) is 7.03. The van der Waals surface area contributed by atoms with Crippen LogP contribution < -0.4 is 5.73 Å². The molecule has 4 rings (SSSR count). The van der Waals surface area contributed by atoms with Crippen LogP contribution in [0.3, 0.4) is 0 Å². The number of H-pyrrole nitrogens is 1. The molecule has 0 amide bonds. The zero-order valence-electron chi connectivity index (χ0n) is 15.5. The first-order valence-electron chi connectivity index (χ1n) is 9.35. The number of nitrogens with two attached hydrogens (primary N) is 1. The fraction of sp³-hybridized carbons (Fsp3) is 0.261. The quantitative estimate of drug-likeness (QED) is 0.484. The van der Waals surface area contributed by atoms with E-state index in [-0.39, 0.29) is 0 Å². The monoisotopic (exact) mass is 343 g/mol. The van der Waals surface area contributed by atoms with Gasteiger partial charge in [-0.25, -0.2) is 0 Å². The summed E-state index contributed by atoms with van der Waals surface area (Å²) in [5, 5.41) is 2.53. The topological polar surface area (TPSA) is 54.7 Å². The van der Waals surface area contributed by atoms with E-state index in [1.54, 1.807) is 0 Å². The van der Waals surface area contributed by atoms with Gasteiger partial charge in [-0.3, -0.25) is 4.98 Å². The van der Waals surface area contributed by atoms with Gasteiger partial charge in [0.25, 0.3) is 0 Å². The number of unbranched alkanes of at least 4 members (excludes halogenated alkanes) is 1. The SMILES string of the molecule is Cc1ccc2c(CCCCN)c(-c3cccc4ncccc34)[nH]c2c1C. The van der Waals surface area contributed by atoms with Crippen molar-refractivity contribution < 1.29 is 0 Å². The van der Waals surface area contributed by atoms with Crippen LogP contribution in [-0.4, -0.2) is 16.5 Å². The number of hydrogen-bond acceptors (Lipinski definition) is 2. The summed E-state index contributed by atoms with van der Waals surface area (Å²) in [6.07, 6.45) is 5.04. The molecule has 3 N–H and O–H groups in total. The zero-order chi connectivity index (χ0) is 18.1. The summed E-state index contributed by atoms with van der Waals surface area (Å²) >= 11 is 0. The van der Waals surface area contributed by atoms with Crippen LogP contribution in [0.15, 0.2) is 48.7 Å². The summed E-state index contributed by atoms with van der Waals surface area (Å²) in [5.74, 6) is 0. The summed E-state index contributed by atoms with van der Waals surface area (Å²) in [4.78, 5) is 8.28. The number of aromatic amines is 1. The molecule has 0 saturated carbocycles. The summed E-state index contributed by atoms with van der Waals surface area (Å²) in [7, 11) is 0. The summed E-state index contributed by atoms with van der Waals surface area (Å²) in [6.45, 7) is 5.12. The van der Waals surface area contributed by atoms with Gasteiger partial charge in [0.1, 0.15) is 0 Å². The lowest BCUT2D eigenvalue weighted by molar-refractivity contribution is 0.748. The molecule has 0 bridgehead atoms. The Bertz CT molecular complexity index is 1070. The Kier molecular flexibility index (Phi) is 4.48. The Hall–Kier alpha value is -2.65. The van der Waals surface area contributed by atoms with E-state index in [0.29, 0.717) is 0 Å². The number of aryl methyl sites for hydroxylation is 3. The van der Waals surface area contributed by atoms with Crippen molar-refractivity contribution in [1.82, 2.24) is 9.97 Å². The van der Waals surface area contributed by atoms with Gasteiger partial charge >= 0.3 is 0 Å². The number of pyridine rings is 1. The number of rotatable bonds is 5. The molecule has 0 unspecified atom stereocenters. The molecule has 0 aliphatic carbocycles. The van der Waals surface area contributed by atoms with E-state index in [9.17, 15) is 0 Å². The molecule has 2 heterocycles. The fourth-order valence-electron chi connectivity index (χ4n) is 3.82. The third kappa shape index (κ3) is 2.78. The third-order valence-corrected chi connectivity index (χ3v) is 5.41. The van der Waals surface area contributed by atoms with E-state index in [1.165, 1.54) is 44.2 Å². The fourth-order valence-corrected chi connectivity index (χ4v) is 3.82. The number of aromatic nitrogens is 2. The van der Waals surface area contributed by atoms with Crippen molar-refractivity contribution in [2.24, 2.45) is 5.73 Å². The van der Waals surface area contributed by atoms with Crippen LogP contribution in [0.2, 0.25) is 0 Å². The van der Waals surface area contributed by atoms with Crippen LogP contribution in [0.1, 0.15) is 29.5 Å². The number of nitrogens with zero attached hydrogens (tertiary/aromatic N) is 1. The molecule has 132 valence electrons. The Morgan fingerprint density at radius 2 is 1.85 bits per heavy atom. The third-order valence-electron chi connectivity index (χ3n) is 5.41. The molecule has 3 heteroatoms. The van der Waals surface area contributed by atoms with E-state index >= 15 is 0 Å². The molecule has 26 heavy (non-hydrogen) atoms. The maximum Gasteiger partial charge on any atom is 0.0708 e. The average molecular weight is 343 g/mol. The van der Waals surface area contributed by atoms with Crippen molar-refractivity contribution in [2.45, 2.75) is 33.1 Å². The van der Waals surface area contributed by atoms with Gasteiger partial charge in [0.15, 0.2) is 0 Å². The Labute approximate surface area is 154 Å². The van der Waals surface area contributed by atoms with Gasteiger partial charge in [-0.1, -0.05) is 30.3 Å². The van der Waals surface area contributed by atoms with Gasteiger partial charge in [0.2, 0.25) is 0 Å². The minimum absolute atomic E-state index is 0.744. The van der Waals surface area contributed by atoms with Crippen LogP contribution >= 0.6 is 0 Å². The highest BCUT2D eigenvalue weighted by Gasteiger charge is 2.16. The second-order valence-corrected chi connectivity index (χ2v) is 7.03.